The molecule has 160 valence electrons. The summed E-state index contributed by atoms with van der Waals surface area (Å²) in [6, 6.07) is 14.4. The van der Waals surface area contributed by atoms with Crippen LogP contribution in [0.5, 0.6) is 11.5 Å². The van der Waals surface area contributed by atoms with Crippen molar-refractivity contribution in [1.82, 2.24) is 5.32 Å². The van der Waals surface area contributed by atoms with E-state index < -0.39 is 11.7 Å². The number of benzene rings is 3. The Morgan fingerprint density at radius 2 is 1.94 bits per heavy atom. The quantitative estimate of drug-likeness (QED) is 0.452. The Balaban J connectivity index is 1.49. The van der Waals surface area contributed by atoms with Crippen LogP contribution in [0.25, 0.3) is 0 Å². The number of carbonyl (C=O) groups is 1. The van der Waals surface area contributed by atoms with E-state index in [0.717, 1.165) is 5.56 Å². The van der Waals surface area contributed by atoms with E-state index in [1.165, 1.54) is 30.3 Å². The van der Waals surface area contributed by atoms with Gasteiger partial charge in [-0.15, -0.1) is 0 Å². The number of nitrogens with one attached hydrogen (secondary N) is 1. The number of rotatable bonds is 5. The van der Waals surface area contributed by atoms with Gasteiger partial charge in [-0.3, -0.25) is 4.79 Å². The van der Waals surface area contributed by atoms with Crippen LogP contribution in [0, 0.1) is 17.1 Å². The van der Waals surface area contributed by atoms with Crippen molar-refractivity contribution in [2.45, 2.75) is 13.0 Å². The molecule has 1 aliphatic rings. The van der Waals surface area contributed by atoms with Gasteiger partial charge in [0.1, 0.15) is 11.5 Å². The van der Waals surface area contributed by atoms with E-state index in [2.05, 4.69) is 10.3 Å². The second-order valence-electron chi connectivity index (χ2n) is 6.93. The maximum Gasteiger partial charge on any atom is 0.266 e. The molecule has 0 spiro atoms. The molecule has 1 amide bonds. The smallest absolute Gasteiger partial charge is 0.266 e. The zero-order valence-corrected chi connectivity index (χ0v) is 18.5. The van der Waals surface area contributed by atoms with E-state index in [0.29, 0.717) is 22.8 Å². The zero-order valence-electron chi connectivity index (χ0n) is 16.3. The molecule has 0 aromatic heterocycles. The summed E-state index contributed by atoms with van der Waals surface area (Å²) in [7, 11) is 0. The maximum atomic E-state index is 15.1. The van der Waals surface area contributed by atoms with Crippen LogP contribution in [-0.4, -0.2) is 11.6 Å². The minimum atomic E-state index is -0.736. The van der Waals surface area contributed by atoms with Gasteiger partial charge in [0.2, 0.25) is 0 Å². The number of aliphatic imine (C=N–C) groups is 1. The van der Waals surface area contributed by atoms with Crippen molar-refractivity contribution in [3.8, 4) is 17.6 Å². The summed E-state index contributed by atoms with van der Waals surface area (Å²) in [5.41, 5.74) is 2.28. The molecule has 0 radical (unpaired) electrons. The third-order valence-electron chi connectivity index (χ3n) is 4.71. The highest BCUT2D eigenvalue weighted by Crippen LogP contribution is 2.35. The van der Waals surface area contributed by atoms with Crippen molar-refractivity contribution in [1.29, 1.82) is 5.26 Å². The highest BCUT2D eigenvalue weighted by molar-refractivity contribution is 6.41. The largest absolute Gasteiger partial charge is 0.453 e. The second-order valence-corrected chi connectivity index (χ2v) is 8.21. The van der Waals surface area contributed by atoms with E-state index in [1.54, 1.807) is 18.2 Å². The molecule has 9 heteroatoms. The van der Waals surface area contributed by atoms with E-state index >= 15 is 4.39 Å². The van der Waals surface area contributed by atoms with Crippen molar-refractivity contribution in [2.75, 3.05) is 0 Å². The highest BCUT2D eigenvalue weighted by atomic mass is 35.5. The van der Waals surface area contributed by atoms with E-state index in [9.17, 15) is 4.79 Å². The van der Waals surface area contributed by atoms with Gasteiger partial charge in [0, 0.05) is 28.6 Å². The number of hydrogen-bond acceptors (Lipinski definition) is 4. The van der Waals surface area contributed by atoms with Gasteiger partial charge < -0.3 is 10.1 Å². The SMILES string of the molecule is N#Cc1cc(Cl)cc(Oc2c(Cl)ccc(CNC(=O)C3=Nc4ccc(Cl)cc4C3)c2F)c1. The Kier molecular flexibility index (Phi) is 6.33. The van der Waals surface area contributed by atoms with Crippen LogP contribution in [0.1, 0.15) is 16.7 Å². The van der Waals surface area contributed by atoms with Crippen LogP contribution < -0.4 is 10.1 Å². The molecular weight excluding hydrogens is 476 g/mol. The van der Waals surface area contributed by atoms with Gasteiger partial charge in [-0.2, -0.15) is 5.26 Å². The monoisotopic (exact) mass is 487 g/mol. The molecule has 0 atom stereocenters. The zero-order chi connectivity index (χ0) is 22.8. The van der Waals surface area contributed by atoms with Gasteiger partial charge in [0.15, 0.2) is 11.6 Å². The molecule has 1 heterocycles. The van der Waals surface area contributed by atoms with Crippen LogP contribution >= 0.6 is 34.8 Å². The van der Waals surface area contributed by atoms with Crippen molar-refractivity contribution in [3.63, 3.8) is 0 Å². The van der Waals surface area contributed by atoms with E-state index in [1.807, 2.05) is 6.07 Å². The molecule has 1 N–H and O–H groups in total. The van der Waals surface area contributed by atoms with Gasteiger partial charge in [-0.1, -0.05) is 40.9 Å². The average molecular weight is 489 g/mol. The molecule has 3 aromatic carbocycles. The number of fused-ring (bicyclic) bond motifs is 1. The molecule has 32 heavy (non-hydrogen) atoms. The Labute approximate surface area is 198 Å². The average Bonchev–Trinajstić information content (AvgIpc) is 3.18. The number of halogens is 4. The second kappa shape index (κ2) is 9.17. The minimum Gasteiger partial charge on any atom is -0.453 e. The van der Waals surface area contributed by atoms with Crippen LogP contribution in [0.4, 0.5) is 10.1 Å². The lowest BCUT2D eigenvalue weighted by molar-refractivity contribution is -0.115. The molecule has 0 aliphatic carbocycles. The third-order valence-corrected chi connectivity index (χ3v) is 5.46. The van der Waals surface area contributed by atoms with Crippen LogP contribution in [0.15, 0.2) is 53.5 Å². The van der Waals surface area contributed by atoms with E-state index in [4.69, 9.17) is 44.8 Å². The molecular formula is C23H13Cl3FN3O2. The molecule has 0 bridgehead atoms. The standard InChI is InChI=1S/C23H13Cl3FN3O2/c24-15-2-4-19-14(7-15)8-20(30-19)23(31)29-11-13-1-3-18(26)22(21(13)27)32-17-6-12(10-28)5-16(25)9-17/h1-7,9H,8,11H2,(H,29,31). The van der Waals surface area contributed by atoms with Crippen molar-refractivity contribution in [3.05, 3.63) is 86.1 Å². The first kappa shape index (κ1) is 22.1. The fourth-order valence-corrected chi connectivity index (χ4v) is 3.79. The lowest BCUT2D eigenvalue weighted by atomic mass is 10.1. The molecule has 4 rings (SSSR count). The molecule has 0 fully saturated rings. The topological polar surface area (TPSA) is 74.5 Å². The first-order chi connectivity index (χ1) is 15.3. The summed E-state index contributed by atoms with van der Waals surface area (Å²) < 4.78 is 20.7. The summed E-state index contributed by atoms with van der Waals surface area (Å²) in [5, 5.41) is 12.6. The first-order valence-electron chi connectivity index (χ1n) is 9.33. The maximum absolute atomic E-state index is 15.1. The fourth-order valence-electron chi connectivity index (χ4n) is 3.19. The Hall–Kier alpha value is -3.11. The van der Waals surface area contributed by atoms with Crippen molar-refractivity contribution in [2.24, 2.45) is 4.99 Å². The van der Waals surface area contributed by atoms with Crippen LogP contribution in [-0.2, 0) is 17.8 Å². The van der Waals surface area contributed by atoms with Crippen molar-refractivity contribution < 1.29 is 13.9 Å². The van der Waals surface area contributed by atoms with Crippen LogP contribution in [0.3, 0.4) is 0 Å². The van der Waals surface area contributed by atoms with Gasteiger partial charge in [-0.25, -0.2) is 9.38 Å². The molecule has 0 saturated carbocycles. The molecule has 3 aromatic rings. The lowest BCUT2D eigenvalue weighted by Crippen LogP contribution is -2.31. The van der Waals surface area contributed by atoms with Gasteiger partial charge in [0.05, 0.1) is 22.3 Å². The number of carbonyl (C=O) groups excluding carboxylic acids is 1. The minimum absolute atomic E-state index is 0.0311. The van der Waals surface area contributed by atoms with Crippen molar-refractivity contribution >= 4 is 52.1 Å². The predicted octanol–water partition coefficient (Wildman–Crippen LogP) is 6.39. The number of ether oxygens (including phenoxy) is 1. The summed E-state index contributed by atoms with van der Waals surface area (Å²) in [5.74, 6) is -1.22. The molecule has 0 saturated heterocycles. The summed E-state index contributed by atoms with van der Waals surface area (Å²) >= 11 is 18.1. The lowest BCUT2D eigenvalue weighted by Gasteiger charge is -2.13. The third kappa shape index (κ3) is 4.71. The van der Waals surface area contributed by atoms with Gasteiger partial charge in [0.25, 0.3) is 5.91 Å². The number of hydrogen-bond donors (Lipinski definition) is 1. The van der Waals surface area contributed by atoms with Gasteiger partial charge >= 0.3 is 0 Å². The molecule has 0 unspecified atom stereocenters. The Bertz CT molecular complexity index is 1320. The van der Waals surface area contributed by atoms with Gasteiger partial charge in [-0.05, 0) is 48.0 Å². The number of nitriles is 1. The normalized spacial score (nSPS) is 12.0. The summed E-state index contributed by atoms with van der Waals surface area (Å²) in [6.07, 6.45) is 0.342. The first-order valence-corrected chi connectivity index (χ1v) is 10.5. The Morgan fingerprint density at radius 3 is 2.72 bits per heavy atom. The predicted molar refractivity (Wildman–Crippen MR) is 122 cm³/mol. The molecule has 5 nitrogen and oxygen atoms in total. The number of nitrogens with zero attached hydrogens (tertiary/aromatic N) is 2. The highest BCUT2D eigenvalue weighted by Gasteiger charge is 2.22. The summed E-state index contributed by atoms with van der Waals surface area (Å²) in [4.78, 5) is 16.8. The fraction of sp³-hybridized carbons (Fsp3) is 0.0870. The molecule has 1 aliphatic heterocycles. The van der Waals surface area contributed by atoms with E-state index in [-0.39, 0.29) is 39.2 Å². The summed E-state index contributed by atoms with van der Waals surface area (Å²) in [6.45, 7) is -0.104. The Morgan fingerprint density at radius 1 is 1.12 bits per heavy atom. The van der Waals surface area contributed by atoms with Crippen LogP contribution in [0.2, 0.25) is 15.1 Å². The number of amides is 1.